The molecule has 1 amide bonds. The van der Waals surface area contributed by atoms with Crippen molar-refractivity contribution in [2.45, 2.75) is 32.6 Å². The van der Waals surface area contributed by atoms with Crippen molar-refractivity contribution < 1.29 is 14.5 Å². The van der Waals surface area contributed by atoms with E-state index in [1.54, 1.807) is 6.07 Å². The Hall–Kier alpha value is -2.44. The van der Waals surface area contributed by atoms with E-state index in [-0.39, 0.29) is 28.7 Å². The summed E-state index contributed by atoms with van der Waals surface area (Å²) in [5.41, 5.74) is 3.12. The number of nitro benzene ring substituents is 1. The first-order valence-corrected chi connectivity index (χ1v) is 8.12. The van der Waals surface area contributed by atoms with Crippen molar-refractivity contribution in [3.05, 3.63) is 33.9 Å². The number of hydrogen-bond acceptors (Lipinski definition) is 5. The number of methoxy groups -OCH3 is 1. The van der Waals surface area contributed by atoms with Crippen molar-refractivity contribution >= 4 is 17.8 Å². The quantitative estimate of drug-likeness (QED) is 0.510. The summed E-state index contributed by atoms with van der Waals surface area (Å²) in [5, 5.41) is 15.0. The molecular weight excluding hydrogens is 310 g/mol. The van der Waals surface area contributed by atoms with Gasteiger partial charge in [0.1, 0.15) is 0 Å². The number of rotatable bonds is 5. The van der Waals surface area contributed by atoms with Gasteiger partial charge in [0, 0.05) is 17.5 Å². The number of carbonyl (C=O) groups is 1. The van der Waals surface area contributed by atoms with Crippen LogP contribution in [-0.4, -0.2) is 24.2 Å². The van der Waals surface area contributed by atoms with Crippen LogP contribution in [0.4, 0.5) is 5.69 Å². The van der Waals surface area contributed by atoms with Gasteiger partial charge >= 0.3 is 5.69 Å². The lowest BCUT2D eigenvalue weighted by atomic mass is 9.90. The van der Waals surface area contributed by atoms with E-state index < -0.39 is 4.92 Å². The van der Waals surface area contributed by atoms with Crippen LogP contribution in [0.3, 0.4) is 0 Å². The maximum atomic E-state index is 12.3. The molecule has 3 rings (SSSR count). The highest BCUT2D eigenvalue weighted by Crippen LogP contribution is 2.66. The lowest BCUT2D eigenvalue weighted by molar-refractivity contribution is -0.385. The molecule has 7 heteroatoms. The maximum absolute atomic E-state index is 12.3. The Labute approximate surface area is 140 Å². The number of nitro groups is 1. The molecule has 0 aliphatic heterocycles. The van der Waals surface area contributed by atoms with Crippen LogP contribution in [0.2, 0.25) is 0 Å². The third kappa shape index (κ3) is 2.86. The molecule has 2 aliphatic rings. The van der Waals surface area contributed by atoms with Crippen LogP contribution in [0.5, 0.6) is 5.75 Å². The standard InChI is InChI=1S/C17H21N3O4/c1-17-8-4-3-5-12(17)15(17)16(21)19-18-10-11-6-7-14(24-2)13(9-11)20(22)23/h6-7,9-10,12,15H,3-5,8H2,1-2H3,(H,19,21)/b18-10-/t12-,15+,17-/m0/s1. The summed E-state index contributed by atoms with van der Waals surface area (Å²) in [6.45, 7) is 2.18. The first-order valence-electron chi connectivity index (χ1n) is 8.12. The van der Waals surface area contributed by atoms with Gasteiger partial charge in [-0.3, -0.25) is 14.9 Å². The average molecular weight is 331 g/mol. The number of hydrogen-bond donors (Lipinski definition) is 1. The summed E-state index contributed by atoms with van der Waals surface area (Å²) >= 11 is 0. The fourth-order valence-electron chi connectivity index (χ4n) is 4.02. The lowest BCUT2D eigenvalue weighted by Gasteiger charge is -2.15. The van der Waals surface area contributed by atoms with Crippen molar-refractivity contribution in [3.63, 3.8) is 0 Å². The summed E-state index contributed by atoms with van der Waals surface area (Å²) in [6, 6.07) is 4.53. The fraction of sp³-hybridized carbons (Fsp3) is 0.529. The van der Waals surface area contributed by atoms with E-state index in [9.17, 15) is 14.9 Å². The summed E-state index contributed by atoms with van der Waals surface area (Å²) in [6.07, 6.45) is 6.02. The molecule has 0 radical (unpaired) electrons. The Bertz CT molecular complexity index is 703. The normalized spacial score (nSPS) is 28.2. The minimum atomic E-state index is -0.509. The fourth-order valence-corrected chi connectivity index (χ4v) is 4.02. The third-order valence-electron chi connectivity index (χ3n) is 5.40. The molecule has 2 aliphatic carbocycles. The average Bonchev–Trinajstić information content (AvgIpc) is 3.20. The van der Waals surface area contributed by atoms with Crippen molar-refractivity contribution in [2.75, 3.05) is 7.11 Å². The number of nitrogens with zero attached hydrogens (tertiary/aromatic N) is 2. The van der Waals surface area contributed by atoms with Crippen LogP contribution >= 0.6 is 0 Å². The molecule has 0 unspecified atom stereocenters. The molecule has 0 spiro atoms. The molecule has 1 aromatic carbocycles. The zero-order chi connectivity index (χ0) is 17.3. The highest BCUT2D eigenvalue weighted by atomic mass is 16.6. The minimum absolute atomic E-state index is 0.0438. The topological polar surface area (TPSA) is 93.8 Å². The summed E-state index contributed by atoms with van der Waals surface area (Å²) in [4.78, 5) is 22.8. The number of nitrogens with one attached hydrogen (secondary N) is 1. The largest absolute Gasteiger partial charge is 0.490 e. The van der Waals surface area contributed by atoms with E-state index >= 15 is 0 Å². The summed E-state index contributed by atoms with van der Waals surface area (Å²) < 4.78 is 4.95. The predicted octanol–water partition coefficient (Wildman–Crippen LogP) is 2.88. The molecule has 2 saturated carbocycles. The zero-order valence-corrected chi connectivity index (χ0v) is 13.8. The van der Waals surface area contributed by atoms with Crippen LogP contribution in [0.25, 0.3) is 0 Å². The minimum Gasteiger partial charge on any atom is -0.490 e. The SMILES string of the molecule is COc1ccc(/C=N\NC(=O)[C@H]2[C@@H]3CCCC[C@@]32C)cc1[N+](=O)[O-]. The number of fused-ring (bicyclic) bond motifs is 1. The highest BCUT2D eigenvalue weighted by molar-refractivity contribution is 5.86. The summed E-state index contributed by atoms with van der Waals surface area (Å²) in [5.74, 6) is 0.658. The zero-order valence-electron chi connectivity index (χ0n) is 13.8. The van der Waals surface area contributed by atoms with Crippen molar-refractivity contribution in [1.29, 1.82) is 0 Å². The molecule has 7 nitrogen and oxygen atoms in total. The van der Waals surface area contributed by atoms with Gasteiger partial charge in [-0.25, -0.2) is 5.43 Å². The van der Waals surface area contributed by atoms with Gasteiger partial charge in [-0.1, -0.05) is 19.8 Å². The predicted molar refractivity (Wildman–Crippen MR) is 88.9 cm³/mol. The molecule has 2 fully saturated rings. The van der Waals surface area contributed by atoms with Crippen LogP contribution in [-0.2, 0) is 4.79 Å². The molecular formula is C17H21N3O4. The number of benzene rings is 1. The summed E-state index contributed by atoms with van der Waals surface area (Å²) in [7, 11) is 1.38. The number of ether oxygens (including phenoxy) is 1. The van der Waals surface area contributed by atoms with Gasteiger partial charge in [-0.15, -0.1) is 0 Å². The van der Waals surface area contributed by atoms with Gasteiger partial charge in [-0.2, -0.15) is 5.10 Å². The van der Waals surface area contributed by atoms with Crippen LogP contribution in [0, 0.1) is 27.4 Å². The second kappa shape index (κ2) is 6.22. The van der Waals surface area contributed by atoms with Gasteiger partial charge < -0.3 is 4.74 Å². The van der Waals surface area contributed by atoms with Crippen molar-refractivity contribution in [3.8, 4) is 5.75 Å². The molecule has 0 bridgehead atoms. The number of carbonyl (C=O) groups excluding carboxylic acids is 1. The van der Waals surface area contributed by atoms with Crippen LogP contribution < -0.4 is 10.2 Å². The van der Waals surface area contributed by atoms with Gasteiger partial charge in [0.05, 0.1) is 18.2 Å². The van der Waals surface area contributed by atoms with Crippen LogP contribution in [0.1, 0.15) is 38.2 Å². The Morgan fingerprint density at radius 2 is 2.29 bits per heavy atom. The van der Waals surface area contributed by atoms with E-state index in [0.717, 1.165) is 12.8 Å². The van der Waals surface area contributed by atoms with Gasteiger partial charge in [0.25, 0.3) is 0 Å². The molecule has 3 atom stereocenters. The van der Waals surface area contributed by atoms with E-state index in [1.165, 1.54) is 38.3 Å². The van der Waals surface area contributed by atoms with E-state index in [2.05, 4.69) is 17.5 Å². The van der Waals surface area contributed by atoms with Gasteiger partial charge in [-0.05, 0) is 36.3 Å². The smallest absolute Gasteiger partial charge is 0.311 e. The van der Waals surface area contributed by atoms with Crippen molar-refractivity contribution in [1.82, 2.24) is 5.43 Å². The van der Waals surface area contributed by atoms with E-state index in [0.29, 0.717) is 11.5 Å². The second-order valence-corrected chi connectivity index (χ2v) is 6.76. The second-order valence-electron chi connectivity index (χ2n) is 6.76. The van der Waals surface area contributed by atoms with E-state index in [4.69, 9.17) is 4.74 Å². The third-order valence-corrected chi connectivity index (χ3v) is 5.40. The maximum Gasteiger partial charge on any atom is 0.311 e. The molecule has 1 N–H and O–H groups in total. The Morgan fingerprint density at radius 3 is 2.92 bits per heavy atom. The first kappa shape index (κ1) is 16.4. The Balaban J connectivity index is 1.64. The number of amides is 1. The molecule has 0 aromatic heterocycles. The van der Waals surface area contributed by atoms with E-state index in [1.807, 2.05) is 0 Å². The molecule has 128 valence electrons. The lowest BCUT2D eigenvalue weighted by Crippen LogP contribution is -2.22. The monoisotopic (exact) mass is 331 g/mol. The Kier molecular flexibility index (Phi) is 4.26. The van der Waals surface area contributed by atoms with Gasteiger partial charge in [0.2, 0.25) is 5.91 Å². The molecule has 0 heterocycles. The highest BCUT2D eigenvalue weighted by Gasteiger charge is 2.64. The van der Waals surface area contributed by atoms with Crippen LogP contribution in [0.15, 0.2) is 23.3 Å². The van der Waals surface area contributed by atoms with Crippen molar-refractivity contribution in [2.24, 2.45) is 22.4 Å². The van der Waals surface area contributed by atoms with Gasteiger partial charge in [0.15, 0.2) is 5.75 Å². The molecule has 1 aromatic rings. The first-order chi connectivity index (χ1) is 11.5. The molecule has 24 heavy (non-hydrogen) atoms. The molecule has 0 saturated heterocycles. The number of hydrazone groups is 1. The Morgan fingerprint density at radius 1 is 1.50 bits per heavy atom.